The predicted octanol–water partition coefficient (Wildman–Crippen LogP) is 3.79. The minimum Gasteiger partial charge on any atom is -0.497 e. The quantitative estimate of drug-likeness (QED) is 0.510. The maximum Gasteiger partial charge on any atom is 0.265 e. The van der Waals surface area contributed by atoms with Crippen molar-refractivity contribution in [3.63, 3.8) is 0 Å². The third-order valence-corrected chi connectivity index (χ3v) is 6.42. The lowest BCUT2D eigenvalue weighted by Crippen LogP contribution is -2.39. The second-order valence-corrected chi connectivity index (χ2v) is 8.54. The summed E-state index contributed by atoms with van der Waals surface area (Å²) in [6, 6.07) is 7.75. The largest absolute Gasteiger partial charge is 0.497 e. The van der Waals surface area contributed by atoms with Crippen molar-refractivity contribution >= 4 is 22.4 Å². The van der Waals surface area contributed by atoms with E-state index >= 15 is 0 Å². The van der Waals surface area contributed by atoms with Gasteiger partial charge < -0.3 is 14.0 Å². The van der Waals surface area contributed by atoms with Gasteiger partial charge in [0, 0.05) is 37.1 Å². The summed E-state index contributed by atoms with van der Waals surface area (Å²) in [5.74, 6) is 1.19. The molecule has 1 fully saturated rings. The minimum atomic E-state index is -0.126. The summed E-state index contributed by atoms with van der Waals surface area (Å²) in [4.78, 5) is 22.4. The van der Waals surface area contributed by atoms with Crippen LogP contribution in [0.15, 0.2) is 34.2 Å². The minimum absolute atomic E-state index is 0.126. The zero-order valence-corrected chi connectivity index (χ0v) is 19.5. The smallest absolute Gasteiger partial charge is 0.265 e. The number of anilines is 1. The lowest BCUT2D eigenvalue weighted by atomic mass is 10.1. The first kappa shape index (κ1) is 22.4. The van der Waals surface area contributed by atoms with Crippen molar-refractivity contribution in [3.8, 4) is 17.0 Å². The van der Waals surface area contributed by atoms with E-state index in [0.717, 1.165) is 56.3 Å². The number of carbonyl (C=O) groups excluding carboxylic acids is 1. The van der Waals surface area contributed by atoms with Crippen LogP contribution in [0.2, 0.25) is 0 Å². The molecule has 4 rings (SSSR count). The van der Waals surface area contributed by atoms with Crippen molar-refractivity contribution in [2.75, 3.05) is 51.4 Å². The molecule has 0 N–H and O–H groups in total. The summed E-state index contributed by atoms with van der Waals surface area (Å²) in [6.07, 6.45) is 0.840. The highest BCUT2D eigenvalue weighted by atomic mass is 32.1. The van der Waals surface area contributed by atoms with Gasteiger partial charge in [-0.15, -0.1) is 11.3 Å². The Hall–Kier alpha value is -2.75. The van der Waals surface area contributed by atoms with Crippen LogP contribution in [0.3, 0.4) is 0 Å². The molecule has 170 valence electrons. The van der Waals surface area contributed by atoms with Crippen LogP contribution in [0.25, 0.3) is 11.3 Å². The van der Waals surface area contributed by atoms with E-state index in [1.54, 1.807) is 25.9 Å². The van der Waals surface area contributed by atoms with Crippen molar-refractivity contribution in [1.82, 2.24) is 15.0 Å². The van der Waals surface area contributed by atoms with Crippen molar-refractivity contribution in [3.05, 3.63) is 46.7 Å². The Morgan fingerprint density at radius 1 is 1.22 bits per heavy atom. The fraction of sp³-hybridized carbons (Fsp3) is 0.435. The van der Waals surface area contributed by atoms with Gasteiger partial charge >= 0.3 is 0 Å². The number of aryl methyl sites for hydroxylation is 2. The van der Waals surface area contributed by atoms with E-state index in [1.807, 2.05) is 29.6 Å². The first-order chi connectivity index (χ1) is 15.6. The second kappa shape index (κ2) is 10.2. The number of nitrogens with zero attached hydrogens (tertiary/aromatic N) is 4. The van der Waals surface area contributed by atoms with Crippen molar-refractivity contribution in [2.24, 2.45) is 0 Å². The highest BCUT2D eigenvalue weighted by Gasteiger charge is 2.27. The molecule has 1 amide bonds. The molecule has 0 radical (unpaired) electrons. The number of aromatic nitrogens is 2. The van der Waals surface area contributed by atoms with Gasteiger partial charge in [-0.2, -0.15) is 0 Å². The summed E-state index contributed by atoms with van der Waals surface area (Å²) >= 11 is 1.46. The van der Waals surface area contributed by atoms with E-state index in [4.69, 9.17) is 19.0 Å². The topological polar surface area (TPSA) is 80.9 Å². The third kappa shape index (κ3) is 5.01. The van der Waals surface area contributed by atoms with Crippen molar-refractivity contribution in [1.29, 1.82) is 0 Å². The molecule has 1 saturated heterocycles. The van der Waals surface area contributed by atoms with Crippen LogP contribution < -0.4 is 9.64 Å². The van der Waals surface area contributed by atoms with Gasteiger partial charge in [-0.3, -0.25) is 14.6 Å². The molecule has 2 aromatic heterocycles. The fourth-order valence-electron chi connectivity index (χ4n) is 3.77. The Kier molecular flexibility index (Phi) is 7.19. The standard InChI is InChI=1S/C23H28N4O4S/c1-16-21(17(2)31-25-16)22(28)27(10-4-9-26-11-13-30-14-12-26)23-24-20(15-32-23)18-5-7-19(29-3)8-6-18/h5-8,15H,4,9-14H2,1-3H3. The van der Waals surface area contributed by atoms with Crippen molar-refractivity contribution in [2.45, 2.75) is 20.3 Å². The maximum absolute atomic E-state index is 13.5. The molecule has 0 bridgehead atoms. The summed E-state index contributed by atoms with van der Waals surface area (Å²) in [5, 5.41) is 6.61. The van der Waals surface area contributed by atoms with E-state index in [0.29, 0.717) is 28.7 Å². The van der Waals surface area contributed by atoms with E-state index in [9.17, 15) is 4.79 Å². The number of rotatable bonds is 8. The number of morpholine rings is 1. The highest BCUT2D eigenvalue weighted by Crippen LogP contribution is 2.30. The Bertz CT molecular complexity index is 1020. The molecule has 0 aliphatic carbocycles. The van der Waals surface area contributed by atoms with Crippen LogP contribution >= 0.6 is 11.3 Å². The molecule has 0 atom stereocenters. The van der Waals surface area contributed by atoms with Gasteiger partial charge in [-0.05, 0) is 44.5 Å². The van der Waals surface area contributed by atoms with E-state index < -0.39 is 0 Å². The van der Waals surface area contributed by atoms with E-state index in [2.05, 4.69) is 10.1 Å². The van der Waals surface area contributed by atoms with Crippen molar-refractivity contribution < 1.29 is 18.8 Å². The third-order valence-electron chi connectivity index (χ3n) is 5.56. The molecule has 0 saturated carbocycles. The molecule has 1 aliphatic rings. The van der Waals surface area contributed by atoms with E-state index in [-0.39, 0.29) is 5.91 Å². The highest BCUT2D eigenvalue weighted by molar-refractivity contribution is 7.14. The number of ether oxygens (including phenoxy) is 2. The SMILES string of the molecule is COc1ccc(-c2csc(N(CCCN3CCOCC3)C(=O)c3c(C)noc3C)n2)cc1. The number of carbonyl (C=O) groups is 1. The van der Waals surface area contributed by atoms with Crippen LogP contribution in [0, 0.1) is 13.8 Å². The number of methoxy groups -OCH3 is 1. The molecule has 1 aliphatic heterocycles. The summed E-state index contributed by atoms with van der Waals surface area (Å²) < 4.78 is 15.9. The van der Waals surface area contributed by atoms with Crippen LogP contribution in [0.4, 0.5) is 5.13 Å². The lowest BCUT2D eigenvalue weighted by Gasteiger charge is -2.27. The Morgan fingerprint density at radius 3 is 2.62 bits per heavy atom. The Morgan fingerprint density at radius 2 is 1.97 bits per heavy atom. The van der Waals surface area contributed by atoms with Crippen LogP contribution in [0.5, 0.6) is 5.75 Å². The number of benzene rings is 1. The normalized spacial score (nSPS) is 14.5. The van der Waals surface area contributed by atoms with Crippen LogP contribution in [-0.2, 0) is 4.74 Å². The van der Waals surface area contributed by atoms with Gasteiger partial charge in [0.15, 0.2) is 5.13 Å². The van der Waals surface area contributed by atoms with Gasteiger partial charge in [0.25, 0.3) is 5.91 Å². The average Bonchev–Trinajstić information content (AvgIpc) is 3.44. The summed E-state index contributed by atoms with van der Waals surface area (Å²) in [6.45, 7) is 8.41. The van der Waals surface area contributed by atoms with Gasteiger partial charge in [0.05, 0.1) is 31.7 Å². The molecular formula is C23H28N4O4S. The van der Waals surface area contributed by atoms with Crippen LogP contribution in [0.1, 0.15) is 28.2 Å². The first-order valence-electron chi connectivity index (χ1n) is 10.7. The summed E-state index contributed by atoms with van der Waals surface area (Å²) in [5.41, 5.74) is 2.92. The average molecular weight is 457 g/mol. The lowest BCUT2D eigenvalue weighted by molar-refractivity contribution is 0.0376. The molecule has 3 heterocycles. The van der Waals surface area contributed by atoms with Gasteiger partial charge in [-0.1, -0.05) is 5.16 Å². The van der Waals surface area contributed by atoms with E-state index in [1.165, 1.54) is 11.3 Å². The molecule has 9 heteroatoms. The molecule has 8 nitrogen and oxygen atoms in total. The molecule has 3 aromatic rings. The molecular weight excluding hydrogens is 428 g/mol. The zero-order valence-electron chi connectivity index (χ0n) is 18.7. The van der Waals surface area contributed by atoms with Gasteiger partial charge in [0.1, 0.15) is 17.1 Å². The molecule has 32 heavy (non-hydrogen) atoms. The predicted molar refractivity (Wildman–Crippen MR) is 124 cm³/mol. The first-order valence-corrected chi connectivity index (χ1v) is 11.6. The molecule has 0 spiro atoms. The van der Waals surface area contributed by atoms with Gasteiger partial charge in [0.2, 0.25) is 0 Å². The number of hydrogen-bond acceptors (Lipinski definition) is 8. The molecule has 0 unspecified atom stereocenters. The molecule has 1 aromatic carbocycles. The number of hydrogen-bond donors (Lipinski definition) is 0. The van der Waals surface area contributed by atoms with Gasteiger partial charge in [-0.25, -0.2) is 4.98 Å². The monoisotopic (exact) mass is 456 g/mol. The Balaban J connectivity index is 1.55. The van der Waals surface area contributed by atoms with Crippen LogP contribution in [-0.4, -0.2) is 67.5 Å². The second-order valence-electron chi connectivity index (χ2n) is 7.71. The Labute approximate surface area is 191 Å². The fourth-order valence-corrected chi connectivity index (χ4v) is 4.63. The number of amides is 1. The zero-order chi connectivity index (χ0) is 22.5. The number of thiazole rings is 1. The summed E-state index contributed by atoms with van der Waals surface area (Å²) in [7, 11) is 1.64. The maximum atomic E-state index is 13.5.